The number of para-hydroxylation sites is 5. The quantitative estimate of drug-likeness (QED) is 0.169. The van der Waals surface area contributed by atoms with Gasteiger partial charge in [0, 0.05) is 157 Å². The summed E-state index contributed by atoms with van der Waals surface area (Å²) >= 11 is 0. The maximum absolute atomic E-state index is 12.6. The van der Waals surface area contributed by atoms with E-state index >= 15 is 0 Å². The molecule has 0 aliphatic carbocycles. The lowest BCUT2D eigenvalue weighted by Gasteiger charge is -2.02. The highest BCUT2D eigenvalue weighted by Crippen LogP contribution is 2.28. The van der Waals surface area contributed by atoms with Crippen molar-refractivity contribution in [1.82, 2.24) is 32.0 Å². The molecule has 0 aliphatic rings. The van der Waals surface area contributed by atoms with E-state index < -0.39 is 0 Å². The van der Waals surface area contributed by atoms with E-state index in [2.05, 4.69) is 312 Å². The van der Waals surface area contributed by atoms with Gasteiger partial charge in [-0.3, -0.25) is 0 Å². The maximum atomic E-state index is 12.6. The first-order valence-corrected chi connectivity index (χ1v) is 29.5. The second kappa shape index (κ2) is 27.2. The van der Waals surface area contributed by atoms with Gasteiger partial charge in [0.1, 0.15) is 5.82 Å². The van der Waals surface area contributed by atoms with Crippen molar-refractivity contribution < 1.29 is 4.39 Å². The largest absolute Gasteiger partial charge is 0.351 e. The van der Waals surface area contributed by atoms with Crippen LogP contribution in [0.3, 0.4) is 0 Å². The molecule has 15 aromatic rings. The smallest absolute Gasteiger partial charge is 0.123 e. The minimum Gasteiger partial charge on any atom is -0.351 e. The summed E-state index contributed by atoms with van der Waals surface area (Å²) in [7, 11) is 14.5. The third-order valence-corrected chi connectivity index (χ3v) is 16.7. The van der Waals surface area contributed by atoms with Crippen molar-refractivity contribution in [3.05, 3.63) is 277 Å². The van der Waals surface area contributed by atoms with E-state index in [-0.39, 0.29) is 5.82 Å². The van der Waals surface area contributed by atoms with E-state index in [4.69, 9.17) is 0 Å². The Morgan fingerprint density at radius 1 is 0.341 bits per heavy atom. The Balaban J connectivity index is 0.000000119. The second-order valence-corrected chi connectivity index (χ2v) is 22.0. The molecule has 7 nitrogen and oxygen atoms in total. The zero-order chi connectivity index (χ0) is 60.3. The molecule has 0 N–H and O–H groups in total. The fourth-order valence-electron chi connectivity index (χ4n) is 11.6. The van der Waals surface area contributed by atoms with Gasteiger partial charge in [0.25, 0.3) is 0 Å². The standard InChI is InChI=1S/C15H13N.C13H17N.C11H13N.2C10H11N.C9H8FN.C9H9N/c1-16-10-9-14-11-13(7-8-15(14)16)12-5-3-2-4-6-12;1-4-10-11-8-6-7-9-13(11)14(3)12(10)5-2;1-8-9(2)12(3)11-7-5-4-6-10(8)11;1-8-7-11(2)10-6-4-3-5-9(8)10;1-8-7-9-5-3-4-6-10(9)11(8)2;1-11-5-4-7-6-8(10)2-3-9(7)11;1-10-7-6-8-4-2-3-5-9(8)10/h2-11H,1H3;6-9H,4-5H2,1-3H3;4-7H,1-3H3;2*3-7H,1-2H3;2-6H,1H3;2-7H,1H3. The van der Waals surface area contributed by atoms with Gasteiger partial charge in [-0.25, -0.2) is 4.39 Å². The average Bonchev–Trinajstić information content (AvgIpc) is 3.39. The van der Waals surface area contributed by atoms with E-state index in [9.17, 15) is 4.39 Å². The van der Waals surface area contributed by atoms with Crippen LogP contribution in [0.2, 0.25) is 0 Å². The van der Waals surface area contributed by atoms with Gasteiger partial charge in [-0.2, -0.15) is 0 Å². The predicted molar refractivity (Wildman–Crippen MR) is 364 cm³/mol. The summed E-state index contributed by atoms with van der Waals surface area (Å²) in [6.45, 7) is 13.1. The summed E-state index contributed by atoms with van der Waals surface area (Å²) < 4.78 is 27.8. The monoisotopic (exact) mass is 1120 g/mol. The van der Waals surface area contributed by atoms with Crippen molar-refractivity contribution in [3.8, 4) is 11.1 Å². The summed E-state index contributed by atoms with van der Waals surface area (Å²) in [5, 5.41) is 9.04. The van der Waals surface area contributed by atoms with Gasteiger partial charge in [-0.15, -0.1) is 0 Å². The van der Waals surface area contributed by atoms with Gasteiger partial charge < -0.3 is 32.0 Å². The topological polar surface area (TPSA) is 34.5 Å². The molecule has 8 heteroatoms. The van der Waals surface area contributed by atoms with Crippen LogP contribution in [0.5, 0.6) is 0 Å². The first-order valence-electron chi connectivity index (χ1n) is 29.5. The zero-order valence-electron chi connectivity index (χ0n) is 51.9. The molecule has 85 heavy (non-hydrogen) atoms. The molecule has 0 bridgehead atoms. The van der Waals surface area contributed by atoms with Crippen molar-refractivity contribution in [1.29, 1.82) is 0 Å². The summed E-state index contributed by atoms with van der Waals surface area (Å²) in [6.07, 6.45) is 10.5. The molecule has 0 aliphatic heterocycles. The van der Waals surface area contributed by atoms with Crippen LogP contribution in [0, 0.1) is 33.5 Å². The molecule has 0 spiro atoms. The van der Waals surface area contributed by atoms with Crippen LogP contribution in [0.1, 0.15) is 47.6 Å². The number of benzene rings is 8. The molecule has 0 saturated carbocycles. The highest BCUT2D eigenvalue weighted by molar-refractivity contribution is 5.88. The van der Waals surface area contributed by atoms with Gasteiger partial charge in [0.15, 0.2) is 0 Å². The van der Waals surface area contributed by atoms with Crippen LogP contribution < -0.4 is 0 Å². The third-order valence-electron chi connectivity index (χ3n) is 16.7. The first-order chi connectivity index (χ1) is 41.1. The first kappa shape index (κ1) is 60.1. The summed E-state index contributed by atoms with van der Waals surface area (Å²) in [4.78, 5) is 0. The summed E-state index contributed by atoms with van der Waals surface area (Å²) in [6, 6.07) is 72.7. The van der Waals surface area contributed by atoms with E-state index in [1.807, 2.05) is 29.9 Å². The Bertz CT molecular complexity index is 4580. The lowest BCUT2D eigenvalue weighted by atomic mass is 10.0. The number of nitrogens with zero attached hydrogens (tertiary/aromatic N) is 7. The van der Waals surface area contributed by atoms with Crippen molar-refractivity contribution in [2.75, 3.05) is 0 Å². The normalized spacial score (nSPS) is 10.8. The molecule has 8 aromatic carbocycles. The van der Waals surface area contributed by atoms with Gasteiger partial charge in [-0.1, -0.05) is 141 Å². The molecule has 0 amide bonds. The minimum atomic E-state index is -0.177. The van der Waals surface area contributed by atoms with E-state index in [1.54, 1.807) is 6.07 Å². The molecule has 0 fully saturated rings. The maximum Gasteiger partial charge on any atom is 0.123 e. The number of hydrogen-bond acceptors (Lipinski definition) is 0. The highest BCUT2D eigenvalue weighted by Gasteiger charge is 2.11. The lowest BCUT2D eigenvalue weighted by Crippen LogP contribution is -1.96. The highest BCUT2D eigenvalue weighted by atomic mass is 19.1. The molecule has 0 unspecified atom stereocenters. The fourth-order valence-corrected chi connectivity index (χ4v) is 11.6. The minimum absolute atomic E-state index is 0.177. The van der Waals surface area contributed by atoms with Gasteiger partial charge in [-0.05, 0) is 164 Å². The SMILES string of the molecule is CCc1c(CC)n(C)c2ccccc12.Cc1c(C)n(C)c2ccccc12.Cc1cc2ccccc2n1C.Cc1cn(C)c2ccccc12.Cn1ccc2cc(-c3ccccc3)ccc21.Cn1ccc2cc(F)ccc21.Cn1ccc2ccccc21. The van der Waals surface area contributed by atoms with Crippen molar-refractivity contribution in [2.45, 2.75) is 54.4 Å². The average molecular weight is 1120 g/mol. The van der Waals surface area contributed by atoms with Crippen molar-refractivity contribution in [2.24, 2.45) is 49.3 Å². The Labute approximate surface area is 501 Å². The summed E-state index contributed by atoms with van der Waals surface area (Å²) in [5.74, 6) is -0.177. The fraction of sp³-hybridized carbons (Fsp3) is 0.195. The molecule has 0 atom stereocenters. The molecule has 432 valence electrons. The molecule has 0 radical (unpaired) electrons. The Hall–Kier alpha value is -9.53. The molecule has 7 heterocycles. The molecule has 15 rings (SSSR count). The van der Waals surface area contributed by atoms with Gasteiger partial charge in [0.2, 0.25) is 0 Å². The summed E-state index contributed by atoms with van der Waals surface area (Å²) in [5.41, 5.74) is 19.9. The second-order valence-electron chi connectivity index (χ2n) is 22.0. The Kier molecular flexibility index (Phi) is 19.3. The number of rotatable bonds is 3. The van der Waals surface area contributed by atoms with Crippen LogP contribution >= 0.6 is 0 Å². The predicted octanol–water partition coefficient (Wildman–Crippen LogP) is 19.4. The zero-order valence-corrected chi connectivity index (χ0v) is 51.9. The molecular weight excluding hydrogens is 1040 g/mol. The van der Waals surface area contributed by atoms with E-state index in [0.29, 0.717) is 0 Å². The number of aryl methyl sites for hydroxylation is 11. The van der Waals surface area contributed by atoms with Crippen LogP contribution in [-0.4, -0.2) is 32.0 Å². The van der Waals surface area contributed by atoms with Crippen LogP contribution in [0.4, 0.5) is 4.39 Å². The molecule has 0 saturated heterocycles. The molecule has 7 aromatic heterocycles. The van der Waals surface area contributed by atoms with Gasteiger partial charge >= 0.3 is 0 Å². The van der Waals surface area contributed by atoms with Crippen LogP contribution in [0.25, 0.3) is 87.4 Å². The number of halogens is 1. The van der Waals surface area contributed by atoms with E-state index in [1.165, 1.54) is 122 Å². The van der Waals surface area contributed by atoms with Gasteiger partial charge in [0.05, 0.1) is 0 Å². The van der Waals surface area contributed by atoms with Crippen LogP contribution in [-0.2, 0) is 62.2 Å². The third kappa shape index (κ3) is 13.5. The Morgan fingerprint density at radius 3 is 1.39 bits per heavy atom. The lowest BCUT2D eigenvalue weighted by molar-refractivity contribution is 0.629. The van der Waals surface area contributed by atoms with Crippen molar-refractivity contribution in [3.63, 3.8) is 0 Å². The number of aromatic nitrogens is 7. The number of hydrogen-bond donors (Lipinski definition) is 0. The number of fused-ring (bicyclic) bond motifs is 7. The Morgan fingerprint density at radius 2 is 0.812 bits per heavy atom. The molecular formula is C77H82FN7. The van der Waals surface area contributed by atoms with Crippen molar-refractivity contribution >= 4 is 76.3 Å². The van der Waals surface area contributed by atoms with Crippen LogP contribution in [0.15, 0.2) is 237 Å². The van der Waals surface area contributed by atoms with E-state index in [0.717, 1.165) is 23.7 Å².